The van der Waals surface area contributed by atoms with Crippen LogP contribution in [0.25, 0.3) is 0 Å². The van der Waals surface area contributed by atoms with Crippen LogP contribution in [-0.2, 0) is 6.54 Å². The molecule has 3 nitrogen and oxygen atoms in total. The fourth-order valence-corrected chi connectivity index (χ4v) is 2.37. The van der Waals surface area contributed by atoms with E-state index in [1.165, 1.54) is 11.3 Å². The molecule has 0 spiro atoms. The largest absolute Gasteiger partial charge is 0.327 e. The van der Waals surface area contributed by atoms with E-state index < -0.39 is 0 Å². The van der Waals surface area contributed by atoms with Crippen LogP contribution in [0.2, 0.25) is 4.34 Å². The third kappa shape index (κ3) is 2.18. The maximum absolute atomic E-state index is 11.9. The second-order valence-corrected chi connectivity index (χ2v) is 5.29. The van der Waals surface area contributed by atoms with Gasteiger partial charge in [-0.3, -0.25) is 4.79 Å². The zero-order valence-electron chi connectivity index (χ0n) is 9.03. The Bertz CT molecular complexity index is 530. The summed E-state index contributed by atoms with van der Waals surface area (Å²) in [4.78, 5) is 16.7. The molecule has 84 valence electrons. The SMILES string of the molecule is Cc1ncn(CC(=O)c2ccc(Cl)s2)c1C. The van der Waals surface area contributed by atoms with Gasteiger partial charge in [0, 0.05) is 5.69 Å². The van der Waals surface area contributed by atoms with Crippen molar-refractivity contribution in [3.8, 4) is 0 Å². The van der Waals surface area contributed by atoms with Crippen molar-refractivity contribution in [2.24, 2.45) is 0 Å². The molecule has 0 amide bonds. The highest BCUT2D eigenvalue weighted by Gasteiger charge is 2.11. The van der Waals surface area contributed by atoms with Crippen LogP contribution in [0.1, 0.15) is 21.1 Å². The molecule has 0 aliphatic rings. The molecule has 0 unspecified atom stereocenters. The number of rotatable bonds is 3. The fourth-order valence-electron chi connectivity index (χ4n) is 1.40. The van der Waals surface area contributed by atoms with E-state index in [-0.39, 0.29) is 5.78 Å². The first kappa shape index (κ1) is 11.4. The average Bonchev–Trinajstić information content (AvgIpc) is 2.79. The maximum Gasteiger partial charge on any atom is 0.192 e. The van der Waals surface area contributed by atoms with Gasteiger partial charge in [-0.15, -0.1) is 11.3 Å². The van der Waals surface area contributed by atoms with Crippen molar-refractivity contribution in [3.63, 3.8) is 0 Å². The van der Waals surface area contributed by atoms with E-state index in [9.17, 15) is 4.79 Å². The first-order valence-electron chi connectivity index (χ1n) is 4.85. The number of halogens is 1. The van der Waals surface area contributed by atoms with Crippen LogP contribution < -0.4 is 0 Å². The van der Waals surface area contributed by atoms with Gasteiger partial charge in [0.15, 0.2) is 5.78 Å². The molecule has 0 aliphatic heterocycles. The van der Waals surface area contributed by atoms with Gasteiger partial charge < -0.3 is 4.57 Å². The summed E-state index contributed by atoms with van der Waals surface area (Å²) in [5.41, 5.74) is 1.98. The minimum Gasteiger partial charge on any atom is -0.327 e. The smallest absolute Gasteiger partial charge is 0.192 e. The molecule has 16 heavy (non-hydrogen) atoms. The van der Waals surface area contributed by atoms with Crippen molar-refractivity contribution in [1.29, 1.82) is 0 Å². The standard InChI is InChI=1S/C11H11ClN2OS/c1-7-8(2)14(6-13-7)5-9(15)10-3-4-11(12)16-10/h3-4,6H,5H2,1-2H3. The van der Waals surface area contributed by atoms with Gasteiger partial charge in [-0.2, -0.15) is 0 Å². The number of carbonyl (C=O) groups is 1. The highest BCUT2D eigenvalue weighted by Crippen LogP contribution is 2.22. The molecule has 2 aromatic rings. The third-order valence-electron chi connectivity index (χ3n) is 2.51. The van der Waals surface area contributed by atoms with Crippen molar-refractivity contribution < 1.29 is 4.79 Å². The lowest BCUT2D eigenvalue weighted by molar-refractivity contribution is 0.0975. The molecule has 2 aromatic heterocycles. The normalized spacial score (nSPS) is 10.7. The Morgan fingerprint density at radius 2 is 2.25 bits per heavy atom. The zero-order chi connectivity index (χ0) is 11.7. The highest BCUT2D eigenvalue weighted by atomic mass is 35.5. The second-order valence-electron chi connectivity index (χ2n) is 3.57. The van der Waals surface area contributed by atoms with Crippen molar-refractivity contribution in [2.45, 2.75) is 20.4 Å². The molecular formula is C11H11ClN2OS. The maximum atomic E-state index is 11.9. The van der Waals surface area contributed by atoms with Gasteiger partial charge in [-0.05, 0) is 26.0 Å². The molecular weight excluding hydrogens is 244 g/mol. The number of hydrogen-bond donors (Lipinski definition) is 0. The Morgan fingerprint density at radius 3 is 2.75 bits per heavy atom. The van der Waals surface area contributed by atoms with Crippen LogP contribution in [0.15, 0.2) is 18.5 Å². The minimum atomic E-state index is 0.0670. The lowest BCUT2D eigenvalue weighted by atomic mass is 10.3. The summed E-state index contributed by atoms with van der Waals surface area (Å²) in [5, 5.41) is 0. The second kappa shape index (κ2) is 4.39. The molecule has 0 bridgehead atoms. The summed E-state index contributed by atoms with van der Waals surface area (Å²) >= 11 is 7.10. The summed E-state index contributed by atoms with van der Waals surface area (Å²) in [5.74, 6) is 0.0670. The number of ketones is 1. The van der Waals surface area contributed by atoms with E-state index in [1.807, 2.05) is 18.4 Å². The predicted octanol–water partition coefficient (Wildman–Crippen LogP) is 3.10. The predicted molar refractivity (Wildman–Crippen MR) is 65.4 cm³/mol. The summed E-state index contributed by atoms with van der Waals surface area (Å²) in [6, 6.07) is 3.50. The van der Waals surface area contributed by atoms with E-state index in [1.54, 1.807) is 18.5 Å². The fraction of sp³-hybridized carbons (Fsp3) is 0.273. The van der Waals surface area contributed by atoms with Crippen LogP contribution in [0, 0.1) is 13.8 Å². The molecule has 0 aliphatic carbocycles. The van der Waals surface area contributed by atoms with Gasteiger partial charge in [0.2, 0.25) is 0 Å². The molecule has 0 saturated carbocycles. The third-order valence-corrected chi connectivity index (χ3v) is 3.78. The molecule has 2 rings (SSSR count). The van der Waals surface area contributed by atoms with Crippen LogP contribution in [0.4, 0.5) is 0 Å². The van der Waals surface area contributed by atoms with Crippen LogP contribution >= 0.6 is 22.9 Å². The van der Waals surface area contributed by atoms with Crippen molar-refractivity contribution in [1.82, 2.24) is 9.55 Å². The number of Topliss-reactive ketones (excluding diaryl/α,β-unsaturated/α-hetero) is 1. The number of aryl methyl sites for hydroxylation is 1. The van der Waals surface area contributed by atoms with Crippen molar-refractivity contribution >= 4 is 28.7 Å². The highest BCUT2D eigenvalue weighted by molar-refractivity contribution is 7.18. The lowest BCUT2D eigenvalue weighted by Crippen LogP contribution is -2.09. The Kier molecular flexibility index (Phi) is 3.12. The van der Waals surface area contributed by atoms with E-state index in [0.717, 1.165) is 11.4 Å². The first-order chi connectivity index (χ1) is 7.58. The quantitative estimate of drug-likeness (QED) is 0.789. The Labute approximate surface area is 103 Å². The van der Waals surface area contributed by atoms with E-state index >= 15 is 0 Å². The monoisotopic (exact) mass is 254 g/mol. The summed E-state index contributed by atoms with van der Waals surface area (Å²) in [7, 11) is 0. The van der Waals surface area contributed by atoms with E-state index in [0.29, 0.717) is 15.8 Å². The molecule has 0 N–H and O–H groups in total. The number of imidazole rings is 1. The van der Waals surface area contributed by atoms with Crippen LogP contribution in [0.3, 0.4) is 0 Å². The van der Waals surface area contributed by atoms with Crippen LogP contribution in [0.5, 0.6) is 0 Å². The Balaban J connectivity index is 2.17. The molecule has 2 heterocycles. The van der Waals surface area contributed by atoms with Gasteiger partial charge in [-0.25, -0.2) is 4.98 Å². The minimum absolute atomic E-state index is 0.0670. The molecule has 5 heteroatoms. The van der Waals surface area contributed by atoms with Crippen LogP contribution in [-0.4, -0.2) is 15.3 Å². The van der Waals surface area contributed by atoms with E-state index in [2.05, 4.69) is 4.98 Å². The Hall–Kier alpha value is -1.13. The van der Waals surface area contributed by atoms with Gasteiger partial charge in [0.1, 0.15) is 0 Å². The number of hydrogen-bond acceptors (Lipinski definition) is 3. The van der Waals surface area contributed by atoms with Gasteiger partial charge >= 0.3 is 0 Å². The average molecular weight is 255 g/mol. The van der Waals surface area contributed by atoms with Crippen molar-refractivity contribution in [2.75, 3.05) is 0 Å². The number of carbonyl (C=O) groups excluding carboxylic acids is 1. The zero-order valence-corrected chi connectivity index (χ0v) is 10.6. The topological polar surface area (TPSA) is 34.9 Å². The number of aromatic nitrogens is 2. The first-order valence-corrected chi connectivity index (χ1v) is 6.04. The molecule has 0 saturated heterocycles. The van der Waals surface area contributed by atoms with Gasteiger partial charge in [0.05, 0.1) is 27.8 Å². The summed E-state index contributed by atoms with van der Waals surface area (Å²) in [6.45, 7) is 4.21. The number of thiophene rings is 1. The molecule has 0 aromatic carbocycles. The molecule has 0 fully saturated rings. The summed E-state index contributed by atoms with van der Waals surface area (Å²) < 4.78 is 2.49. The lowest BCUT2D eigenvalue weighted by Gasteiger charge is -2.02. The summed E-state index contributed by atoms with van der Waals surface area (Å²) in [6.07, 6.45) is 1.69. The van der Waals surface area contributed by atoms with Gasteiger partial charge in [0.25, 0.3) is 0 Å². The van der Waals surface area contributed by atoms with Crippen molar-refractivity contribution in [3.05, 3.63) is 39.1 Å². The number of nitrogens with zero attached hydrogens (tertiary/aromatic N) is 2. The molecule has 0 radical (unpaired) electrons. The van der Waals surface area contributed by atoms with E-state index in [4.69, 9.17) is 11.6 Å². The van der Waals surface area contributed by atoms with Gasteiger partial charge in [-0.1, -0.05) is 11.6 Å². The Morgan fingerprint density at radius 1 is 1.50 bits per heavy atom. The molecule has 0 atom stereocenters.